The van der Waals surface area contributed by atoms with E-state index < -0.39 is 11.9 Å². The highest BCUT2D eigenvalue weighted by Crippen LogP contribution is 2.42. The van der Waals surface area contributed by atoms with Gasteiger partial charge in [-0.25, -0.2) is 0 Å². The van der Waals surface area contributed by atoms with Crippen molar-refractivity contribution in [3.05, 3.63) is 59.2 Å². The maximum Gasteiger partial charge on any atom is 0.308 e. The first-order valence-corrected chi connectivity index (χ1v) is 15.8. The van der Waals surface area contributed by atoms with Crippen LogP contribution in [0.5, 0.6) is 5.75 Å². The van der Waals surface area contributed by atoms with E-state index in [1.165, 1.54) is 5.56 Å². The molecular formula is C34H48N3O6+. The SMILES string of the molecule is CCCCN(C(=O)CN1C[C@H](c2ccc3c(c2)CCO3)C(C(=O)O)[C@@H]1CCC1OCCO1)c1cccc(C[N+](C)(C)C)c1. The smallest absolute Gasteiger partial charge is 0.308 e. The summed E-state index contributed by atoms with van der Waals surface area (Å²) >= 11 is 0. The van der Waals surface area contributed by atoms with E-state index in [4.69, 9.17) is 14.2 Å². The predicted molar refractivity (Wildman–Crippen MR) is 165 cm³/mol. The summed E-state index contributed by atoms with van der Waals surface area (Å²) in [6.45, 7) is 6.04. The molecule has 0 saturated carbocycles. The van der Waals surface area contributed by atoms with Crippen LogP contribution in [0.15, 0.2) is 42.5 Å². The number of benzene rings is 2. The molecule has 2 aromatic rings. The first kappa shape index (κ1) is 31.4. The molecule has 5 rings (SSSR count). The van der Waals surface area contributed by atoms with Crippen LogP contribution in [0.4, 0.5) is 5.69 Å². The molecular weight excluding hydrogens is 546 g/mol. The Bertz CT molecular complexity index is 1270. The summed E-state index contributed by atoms with van der Waals surface area (Å²) in [6, 6.07) is 14.0. The standard InChI is InChI=1S/C34H47N3O6/c1-5-6-15-36(27-9-7-8-24(19-27)23-37(2,3)4)31(38)22-35-21-28(25-10-12-30-26(20-25)14-16-41-30)33(34(39)40)29(35)11-13-32-42-17-18-43-32/h7-10,12,19-20,28-29,32-33H,5-6,11,13-18,21-23H2,1-4H3/p+1/t28-,29+,33?/m1/s1. The van der Waals surface area contributed by atoms with E-state index >= 15 is 0 Å². The Balaban J connectivity index is 1.41. The number of likely N-dealkylation sites (tertiary alicyclic amines) is 1. The van der Waals surface area contributed by atoms with Gasteiger partial charge in [-0.15, -0.1) is 0 Å². The normalized spacial score (nSPS) is 22.5. The van der Waals surface area contributed by atoms with Crippen molar-refractivity contribution in [2.75, 3.05) is 65.5 Å². The van der Waals surface area contributed by atoms with E-state index in [0.717, 1.165) is 52.9 Å². The number of quaternary nitrogens is 1. The maximum atomic E-state index is 14.1. The predicted octanol–water partition coefficient (Wildman–Crippen LogP) is 4.28. The minimum absolute atomic E-state index is 0.00126. The van der Waals surface area contributed by atoms with Crippen molar-refractivity contribution in [3.63, 3.8) is 0 Å². The van der Waals surface area contributed by atoms with Gasteiger partial charge in [-0.3, -0.25) is 14.5 Å². The van der Waals surface area contributed by atoms with Crippen molar-refractivity contribution in [2.24, 2.45) is 5.92 Å². The molecule has 9 nitrogen and oxygen atoms in total. The van der Waals surface area contributed by atoms with Crippen molar-refractivity contribution in [3.8, 4) is 5.75 Å². The zero-order chi connectivity index (χ0) is 30.6. The number of anilines is 1. The van der Waals surface area contributed by atoms with E-state index in [1.54, 1.807) is 0 Å². The third-order valence-corrected chi connectivity index (χ3v) is 8.82. The van der Waals surface area contributed by atoms with Crippen LogP contribution < -0.4 is 9.64 Å². The second-order valence-electron chi connectivity index (χ2n) is 13.2. The number of carbonyl (C=O) groups excluding carboxylic acids is 1. The third kappa shape index (κ3) is 7.76. The van der Waals surface area contributed by atoms with Crippen LogP contribution >= 0.6 is 0 Å². The van der Waals surface area contributed by atoms with E-state index in [9.17, 15) is 14.7 Å². The van der Waals surface area contributed by atoms with Gasteiger partial charge >= 0.3 is 5.97 Å². The fourth-order valence-corrected chi connectivity index (χ4v) is 6.85. The fourth-order valence-electron chi connectivity index (χ4n) is 6.85. The molecule has 0 aromatic heterocycles. The summed E-state index contributed by atoms with van der Waals surface area (Å²) in [4.78, 5) is 31.1. The van der Waals surface area contributed by atoms with Gasteiger partial charge in [0.05, 0.1) is 53.4 Å². The number of hydrogen-bond acceptors (Lipinski definition) is 6. The second kappa shape index (κ2) is 13.8. The summed E-state index contributed by atoms with van der Waals surface area (Å²) in [5, 5.41) is 10.6. The Labute approximate surface area is 255 Å². The van der Waals surface area contributed by atoms with E-state index in [2.05, 4.69) is 51.2 Å². The number of carbonyl (C=O) groups is 2. The highest BCUT2D eigenvalue weighted by molar-refractivity contribution is 5.95. The average Bonchev–Trinajstić information content (AvgIpc) is 3.71. The lowest BCUT2D eigenvalue weighted by molar-refractivity contribution is -0.884. The average molecular weight is 595 g/mol. The molecule has 0 radical (unpaired) electrons. The number of carboxylic acid groups (broad SMARTS) is 1. The first-order valence-electron chi connectivity index (χ1n) is 15.8. The fraction of sp³-hybridized carbons (Fsp3) is 0.588. The van der Waals surface area contributed by atoms with Crippen molar-refractivity contribution >= 4 is 17.6 Å². The number of amides is 1. The summed E-state index contributed by atoms with van der Waals surface area (Å²) < 4.78 is 17.9. The summed E-state index contributed by atoms with van der Waals surface area (Å²) in [5.41, 5.74) is 4.21. The van der Waals surface area contributed by atoms with Gasteiger partial charge in [0.15, 0.2) is 6.29 Å². The Hall–Kier alpha value is -2.98. The van der Waals surface area contributed by atoms with E-state index in [1.807, 2.05) is 29.2 Å². The van der Waals surface area contributed by atoms with E-state index in [0.29, 0.717) is 45.8 Å². The Morgan fingerprint density at radius 1 is 1.05 bits per heavy atom. The highest BCUT2D eigenvalue weighted by atomic mass is 16.7. The Kier molecular flexibility index (Phi) is 10.1. The molecule has 0 aliphatic carbocycles. The van der Waals surface area contributed by atoms with Crippen molar-refractivity contribution < 1.29 is 33.4 Å². The van der Waals surface area contributed by atoms with Crippen molar-refractivity contribution in [2.45, 2.75) is 63.8 Å². The van der Waals surface area contributed by atoms with Crippen LogP contribution in [0.1, 0.15) is 55.2 Å². The largest absolute Gasteiger partial charge is 0.493 e. The zero-order valence-electron chi connectivity index (χ0n) is 26.2. The molecule has 2 saturated heterocycles. The minimum Gasteiger partial charge on any atom is -0.493 e. The molecule has 9 heteroatoms. The van der Waals surface area contributed by atoms with Crippen LogP contribution in [0.25, 0.3) is 0 Å². The molecule has 3 heterocycles. The van der Waals surface area contributed by atoms with Gasteiger partial charge in [-0.1, -0.05) is 37.6 Å². The molecule has 3 aliphatic heterocycles. The maximum absolute atomic E-state index is 14.1. The van der Waals surface area contributed by atoms with Crippen LogP contribution in [0, 0.1) is 5.92 Å². The summed E-state index contributed by atoms with van der Waals surface area (Å²) in [7, 11) is 6.47. The number of rotatable bonds is 13. The Morgan fingerprint density at radius 3 is 2.56 bits per heavy atom. The van der Waals surface area contributed by atoms with Crippen LogP contribution in [-0.2, 0) is 32.0 Å². The lowest BCUT2D eigenvalue weighted by Crippen LogP contribution is -2.45. The zero-order valence-corrected chi connectivity index (χ0v) is 26.2. The molecule has 43 heavy (non-hydrogen) atoms. The molecule has 234 valence electrons. The van der Waals surface area contributed by atoms with Gasteiger partial charge in [0.25, 0.3) is 0 Å². The number of fused-ring (bicyclic) bond motifs is 1. The molecule has 0 spiro atoms. The molecule has 2 aromatic carbocycles. The monoisotopic (exact) mass is 594 g/mol. The van der Waals surface area contributed by atoms with Crippen molar-refractivity contribution in [1.29, 1.82) is 0 Å². The van der Waals surface area contributed by atoms with Crippen LogP contribution in [0.3, 0.4) is 0 Å². The second-order valence-corrected chi connectivity index (χ2v) is 13.2. The number of nitrogens with zero attached hydrogens (tertiary/aromatic N) is 3. The lowest BCUT2D eigenvalue weighted by Gasteiger charge is -2.30. The third-order valence-electron chi connectivity index (χ3n) is 8.82. The molecule has 1 N–H and O–H groups in total. The quantitative estimate of drug-likeness (QED) is 0.347. The van der Waals surface area contributed by atoms with Gasteiger partial charge in [0.1, 0.15) is 12.3 Å². The Morgan fingerprint density at radius 2 is 1.84 bits per heavy atom. The number of ether oxygens (including phenoxy) is 3. The van der Waals surface area contributed by atoms with Gasteiger partial charge in [0.2, 0.25) is 5.91 Å². The summed E-state index contributed by atoms with van der Waals surface area (Å²) in [5.74, 6) is -0.825. The minimum atomic E-state index is -0.828. The van der Waals surface area contributed by atoms with Gasteiger partial charge < -0.3 is 28.7 Å². The van der Waals surface area contributed by atoms with Crippen LogP contribution in [0.2, 0.25) is 0 Å². The molecule has 1 amide bonds. The van der Waals surface area contributed by atoms with Gasteiger partial charge in [-0.2, -0.15) is 0 Å². The molecule has 3 aliphatic rings. The molecule has 1 unspecified atom stereocenters. The van der Waals surface area contributed by atoms with Crippen LogP contribution in [-0.4, -0.2) is 99.3 Å². The number of carboxylic acids is 1. The molecule has 3 atom stereocenters. The molecule has 2 fully saturated rings. The topological polar surface area (TPSA) is 88.5 Å². The van der Waals surface area contributed by atoms with Crippen molar-refractivity contribution in [1.82, 2.24) is 4.90 Å². The number of hydrogen-bond donors (Lipinski definition) is 1. The highest BCUT2D eigenvalue weighted by Gasteiger charge is 2.47. The first-order chi connectivity index (χ1) is 20.6. The van der Waals surface area contributed by atoms with Gasteiger partial charge in [-0.05, 0) is 48.6 Å². The molecule has 0 bridgehead atoms. The van der Waals surface area contributed by atoms with E-state index in [-0.39, 0.29) is 30.7 Å². The summed E-state index contributed by atoms with van der Waals surface area (Å²) in [6.07, 6.45) is 3.54. The van der Waals surface area contributed by atoms with Gasteiger partial charge in [0, 0.05) is 42.7 Å². The number of aliphatic carboxylic acids is 1. The number of unbranched alkanes of at least 4 members (excludes halogenated alkanes) is 1. The lowest BCUT2D eigenvalue weighted by atomic mass is 9.83.